The largest absolute Gasteiger partial charge is 0.244 e. The maximum atomic E-state index is 12.0. The number of nitriles is 1. The number of hydrogen-bond acceptors (Lipinski definition) is 4. The standard InChI is InChI=1S/C11H15N3O2S/c1-4-11(2,3)14-17(15,16)10-6-5-9(7-12)13-8-10/h5-6,8,14H,4H2,1-3H3. The Morgan fingerprint density at radius 3 is 2.53 bits per heavy atom. The van der Waals surface area contributed by atoms with Crippen molar-refractivity contribution in [3.63, 3.8) is 0 Å². The van der Waals surface area contributed by atoms with Crippen LogP contribution in [0, 0.1) is 11.3 Å². The molecule has 0 bridgehead atoms. The van der Waals surface area contributed by atoms with Crippen LogP contribution in [-0.4, -0.2) is 18.9 Å². The van der Waals surface area contributed by atoms with Gasteiger partial charge in [0, 0.05) is 11.7 Å². The zero-order valence-electron chi connectivity index (χ0n) is 10.1. The number of nitrogens with one attached hydrogen (secondary N) is 1. The van der Waals surface area contributed by atoms with Gasteiger partial charge in [-0.2, -0.15) is 5.26 Å². The summed E-state index contributed by atoms with van der Waals surface area (Å²) in [6.45, 7) is 5.52. The van der Waals surface area contributed by atoms with Crippen LogP contribution in [0.25, 0.3) is 0 Å². The van der Waals surface area contributed by atoms with Crippen LogP contribution in [0.3, 0.4) is 0 Å². The van der Waals surface area contributed by atoms with Crippen LogP contribution in [-0.2, 0) is 10.0 Å². The molecule has 0 aromatic carbocycles. The molecule has 92 valence electrons. The lowest BCUT2D eigenvalue weighted by Gasteiger charge is -2.23. The minimum atomic E-state index is -3.58. The minimum Gasteiger partial charge on any atom is -0.244 e. The molecule has 17 heavy (non-hydrogen) atoms. The molecule has 6 heteroatoms. The van der Waals surface area contributed by atoms with Crippen LogP contribution in [0.5, 0.6) is 0 Å². The molecule has 1 rings (SSSR count). The van der Waals surface area contributed by atoms with Crippen LogP contribution in [0.15, 0.2) is 23.2 Å². The highest BCUT2D eigenvalue weighted by Gasteiger charge is 2.24. The van der Waals surface area contributed by atoms with Gasteiger partial charge in [0.15, 0.2) is 0 Å². The number of rotatable bonds is 4. The van der Waals surface area contributed by atoms with Gasteiger partial charge in [-0.1, -0.05) is 6.92 Å². The third kappa shape index (κ3) is 3.51. The molecule has 1 heterocycles. The van der Waals surface area contributed by atoms with Crippen molar-refractivity contribution in [2.24, 2.45) is 0 Å². The van der Waals surface area contributed by atoms with Crippen molar-refractivity contribution in [3.8, 4) is 6.07 Å². The van der Waals surface area contributed by atoms with Gasteiger partial charge in [-0.25, -0.2) is 18.1 Å². The Balaban J connectivity index is 3.02. The molecule has 0 fully saturated rings. The molecule has 0 aliphatic carbocycles. The lowest BCUT2D eigenvalue weighted by atomic mass is 10.0. The first kappa shape index (κ1) is 13.6. The van der Waals surface area contributed by atoms with E-state index in [-0.39, 0.29) is 10.6 Å². The topological polar surface area (TPSA) is 82.9 Å². The second kappa shape index (κ2) is 4.82. The number of nitrogens with zero attached hydrogens (tertiary/aromatic N) is 2. The Morgan fingerprint density at radius 1 is 1.47 bits per heavy atom. The van der Waals surface area contributed by atoms with Crippen molar-refractivity contribution in [2.45, 2.75) is 37.6 Å². The van der Waals surface area contributed by atoms with Gasteiger partial charge in [0.1, 0.15) is 16.7 Å². The molecular formula is C11H15N3O2S. The molecule has 0 radical (unpaired) electrons. The zero-order valence-corrected chi connectivity index (χ0v) is 10.9. The van der Waals surface area contributed by atoms with Crippen molar-refractivity contribution in [1.82, 2.24) is 9.71 Å². The average molecular weight is 253 g/mol. The lowest BCUT2D eigenvalue weighted by molar-refractivity contribution is 0.439. The molecule has 1 aromatic rings. The average Bonchev–Trinajstić information content (AvgIpc) is 2.28. The summed E-state index contributed by atoms with van der Waals surface area (Å²) in [5.74, 6) is 0. The van der Waals surface area contributed by atoms with E-state index in [9.17, 15) is 8.42 Å². The Kier molecular flexibility index (Phi) is 3.86. The number of pyridine rings is 1. The van der Waals surface area contributed by atoms with Gasteiger partial charge < -0.3 is 0 Å². The van der Waals surface area contributed by atoms with Crippen LogP contribution in [0.1, 0.15) is 32.9 Å². The van der Waals surface area contributed by atoms with Gasteiger partial charge in [0.2, 0.25) is 10.0 Å². The number of aromatic nitrogens is 1. The summed E-state index contributed by atoms with van der Waals surface area (Å²) in [6, 6.07) is 4.60. The van der Waals surface area contributed by atoms with Gasteiger partial charge in [-0.3, -0.25) is 0 Å². The summed E-state index contributed by atoms with van der Waals surface area (Å²) in [7, 11) is -3.58. The fourth-order valence-electron chi connectivity index (χ4n) is 1.10. The summed E-state index contributed by atoms with van der Waals surface area (Å²) >= 11 is 0. The van der Waals surface area contributed by atoms with E-state index in [0.29, 0.717) is 6.42 Å². The van der Waals surface area contributed by atoms with E-state index in [4.69, 9.17) is 5.26 Å². The van der Waals surface area contributed by atoms with E-state index in [2.05, 4.69) is 9.71 Å². The van der Waals surface area contributed by atoms with Crippen LogP contribution in [0.2, 0.25) is 0 Å². The molecule has 1 aromatic heterocycles. The van der Waals surface area contributed by atoms with Gasteiger partial charge in [-0.15, -0.1) is 0 Å². The molecule has 0 atom stereocenters. The molecule has 0 saturated heterocycles. The summed E-state index contributed by atoms with van der Waals surface area (Å²) in [4.78, 5) is 3.81. The van der Waals surface area contributed by atoms with Crippen molar-refractivity contribution in [2.75, 3.05) is 0 Å². The fourth-order valence-corrected chi connectivity index (χ4v) is 2.53. The van der Waals surface area contributed by atoms with Gasteiger partial charge in [-0.05, 0) is 32.4 Å². The Hall–Kier alpha value is -1.45. The molecular weight excluding hydrogens is 238 g/mol. The summed E-state index contributed by atoms with van der Waals surface area (Å²) in [5.41, 5.74) is -0.314. The molecule has 0 spiro atoms. The molecule has 1 N–H and O–H groups in total. The minimum absolute atomic E-state index is 0.0676. The third-order valence-corrected chi connectivity index (χ3v) is 4.14. The third-order valence-electron chi connectivity index (χ3n) is 2.46. The molecule has 0 saturated carbocycles. The quantitative estimate of drug-likeness (QED) is 0.879. The second-order valence-electron chi connectivity index (χ2n) is 4.33. The van der Waals surface area contributed by atoms with E-state index >= 15 is 0 Å². The predicted octanol–water partition coefficient (Wildman–Crippen LogP) is 1.42. The summed E-state index contributed by atoms with van der Waals surface area (Å²) in [6.07, 6.45) is 1.86. The van der Waals surface area contributed by atoms with Crippen molar-refractivity contribution < 1.29 is 8.42 Å². The maximum Gasteiger partial charge on any atom is 0.242 e. The highest BCUT2D eigenvalue weighted by Crippen LogP contribution is 2.14. The van der Waals surface area contributed by atoms with Crippen LogP contribution < -0.4 is 4.72 Å². The van der Waals surface area contributed by atoms with E-state index in [1.807, 2.05) is 26.8 Å². The van der Waals surface area contributed by atoms with E-state index in [1.54, 1.807) is 0 Å². The van der Waals surface area contributed by atoms with E-state index in [1.165, 1.54) is 18.3 Å². The first-order valence-corrected chi connectivity index (χ1v) is 6.69. The van der Waals surface area contributed by atoms with Gasteiger partial charge >= 0.3 is 0 Å². The van der Waals surface area contributed by atoms with Gasteiger partial charge in [0.25, 0.3) is 0 Å². The Labute approximate surface area is 102 Å². The highest BCUT2D eigenvalue weighted by molar-refractivity contribution is 7.89. The zero-order chi connectivity index (χ0) is 13.1. The van der Waals surface area contributed by atoms with E-state index in [0.717, 1.165) is 0 Å². The summed E-state index contributed by atoms with van der Waals surface area (Å²) in [5, 5.41) is 8.58. The fraction of sp³-hybridized carbons (Fsp3) is 0.455. The lowest BCUT2D eigenvalue weighted by Crippen LogP contribution is -2.42. The van der Waals surface area contributed by atoms with Crippen molar-refractivity contribution >= 4 is 10.0 Å². The van der Waals surface area contributed by atoms with E-state index < -0.39 is 15.6 Å². The Morgan fingerprint density at radius 2 is 2.12 bits per heavy atom. The monoisotopic (exact) mass is 253 g/mol. The van der Waals surface area contributed by atoms with Crippen molar-refractivity contribution in [1.29, 1.82) is 5.26 Å². The van der Waals surface area contributed by atoms with Gasteiger partial charge in [0.05, 0.1) is 0 Å². The number of sulfonamides is 1. The molecule has 0 amide bonds. The normalized spacial score (nSPS) is 12.1. The molecule has 0 aliphatic rings. The maximum absolute atomic E-state index is 12.0. The highest BCUT2D eigenvalue weighted by atomic mass is 32.2. The first-order valence-electron chi connectivity index (χ1n) is 5.21. The Bertz CT molecular complexity index is 527. The summed E-state index contributed by atoms with van der Waals surface area (Å²) < 4.78 is 26.5. The number of hydrogen-bond donors (Lipinski definition) is 1. The molecule has 5 nitrogen and oxygen atoms in total. The molecule has 0 unspecified atom stereocenters. The van der Waals surface area contributed by atoms with Crippen LogP contribution in [0.4, 0.5) is 0 Å². The first-order chi connectivity index (χ1) is 7.80. The van der Waals surface area contributed by atoms with Crippen molar-refractivity contribution in [3.05, 3.63) is 24.0 Å². The second-order valence-corrected chi connectivity index (χ2v) is 6.02. The smallest absolute Gasteiger partial charge is 0.242 e. The SMILES string of the molecule is CCC(C)(C)NS(=O)(=O)c1ccc(C#N)nc1. The predicted molar refractivity (Wildman–Crippen MR) is 63.6 cm³/mol. The molecule has 0 aliphatic heterocycles. The van der Waals surface area contributed by atoms with Crippen LogP contribution >= 0.6 is 0 Å².